The fourth-order valence-corrected chi connectivity index (χ4v) is 1.62. The summed E-state index contributed by atoms with van der Waals surface area (Å²) in [7, 11) is 1.58. The summed E-state index contributed by atoms with van der Waals surface area (Å²) in [6, 6.07) is 5.52. The largest absolute Gasteiger partial charge is 0.496 e. The molecule has 0 heterocycles. The van der Waals surface area contributed by atoms with E-state index in [-0.39, 0.29) is 6.61 Å². The van der Waals surface area contributed by atoms with Gasteiger partial charge in [0.1, 0.15) is 11.9 Å². The van der Waals surface area contributed by atoms with Gasteiger partial charge in [-0.1, -0.05) is 22.0 Å². The van der Waals surface area contributed by atoms with Crippen LogP contribution in [0.3, 0.4) is 0 Å². The molecule has 0 fully saturated rings. The van der Waals surface area contributed by atoms with Gasteiger partial charge >= 0.3 is 0 Å². The first-order valence-corrected chi connectivity index (χ1v) is 5.57. The first-order valence-electron chi connectivity index (χ1n) is 4.78. The molecular weight excluding hydrogens is 260 g/mol. The molecule has 0 amide bonds. The molecule has 0 spiro atoms. The number of rotatable bonds is 5. The third kappa shape index (κ3) is 3.48. The molecule has 15 heavy (non-hydrogen) atoms. The summed E-state index contributed by atoms with van der Waals surface area (Å²) in [5, 5.41) is 9.83. The maximum atomic E-state index is 9.83. The fourth-order valence-electron chi connectivity index (χ4n) is 1.28. The lowest BCUT2D eigenvalue weighted by Crippen LogP contribution is -2.08. The van der Waals surface area contributed by atoms with Gasteiger partial charge in [0, 0.05) is 16.6 Å². The molecule has 1 rings (SSSR count). The summed E-state index contributed by atoms with van der Waals surface area (Å²) < 4.78 is 11.3. The Kier molecular flexibility index (Phi) is 5.08. The smallest absolute Gasteiger partial charge is 0.125 e. The van der Waals surface area contributed by atoms with E-state index in [1.807, 2.05) is 25.1 Å². The van der Waals surface area contributed by atoms with E-state index in [1.165, 1.54) is 0 Å². The predicted octanol–water partition coefficient (Wildman–Crippen LogP) is 2.53. The molecule has 0 saturated heterocycles. The average molecular weight is 275 g/mol. The van der Waals surface area contributed by atoms with Crippen LogP contribution in [0.4, 0.5) is 0 Å². The second kappa shape index (κ2) is 6.10. The lowest BCUT2D eigenvalue weighted by atomic mass is 10.1. The van der Waals surface area contributed by atoms with Gasteiger partial charge in [0.2, 0.25) is 0 Å². The SMILES string of the molecule is CCOCC(O)c1ccc(Br)cc1OC. The van der Waals surface area contributed by atoms with Gasteiger partial charge < -0.3 is 14.6 Å². The van der Waals surface area contributed by atoms with Crippen LogP contribution in [0, 0.1) is 0 Å². The summed E-state index contributed by atoms with van der Waals surface area (Å²) >= 11 is 3.35. The number of hydrogen-bond donors (Lipinski definition) is 1. The molecule has 0 aliphatic heterocycles. The quantitative estimate of drug-likeness (QED) is 0.897. The molecule has 3 nitrogen and oxygen atoms in total. The number of aliphatic hydroxyl groups is 1. The van der Waals surface area contributed by atoms with Crippen LogP contribution < -0.4 is 4.74 Å². The highest BCUT2D eigenvalue weighted by Crippen LogP contribution is 2.28. The van der Waals surface area contributed by atoms with Crippen molar-refractivity contribution >= 4 is 15.9 Å². The molecule has 1 N–H and O–H groups in total. The van der Waals surface area contributed by atoms with Crippen molar-refractivity contribution in [3.8, 4) is 5.75 Å². The number of halogens is 1. The second-order valence-electron chi connectivity index (χ2n) is 3.06. The third-order valence-corrected chi connectivity index (χ3v) is 2.53. The number of benzene rings is 1. The van der Waals surface area contributed by atoms with E-state index >= 15 is 0 Å². The van der Waals surface area contributed by atoms with E-state index in [1.54, 1.807) is 7.11 Å². The summed E-state index contributed by atoms with van der Waals surface area (Å²) in [6.45, 7) is 2.77. The van der Waals surface area contributed by atoms with Gasteiger partial charge in [-0.15, -0.1) is 0 Å². The monoisotopic (exact) mass is 274 g/mol. The van der Waals surface area contributed by atoms with E-state index in [0.717, 1.165) is 10.0 Å². The maximum absolute atomic E-state index is 9.83. The Morgan fingerprint density at radius 3 is 2.80 bits per heavy atom. The van der Waals surface area contributed by atoms with Crippen molar-refractivity contribution < 1.29 is 14.6 Å². The van der Waals surface area contributed by atoms with Crippen LogP contribution in [-0.2, 0) is 4.74 Å². The lowest BCUT2D eigenvalue weighted by Gasteiger charge is -2.14. The van der Waals surface area contributed by atoms with Crippen molar-refractivity contribution in [2.45, 2.75) is 13.0 Å². The first-order chi connectivity index (χ1) is 7.19. The van der Waals surface area contributed by atoms with Gasteiger partial charge in [-0.25, -0.2) is 0 Å². The topological polar surface area (TPSA) is 38.7 Å². The molecule has 1 aromatic rings. The molecule has 1 aromatic carbocycles. The summed E-state index contributed by atoms with van der Waals surface area (Å²) in [5.41, 5.74) is 0.745. The molecule has 0 aliphatic rings. The Labute approximate surface area is 98.1 Å². The van der Waals surface area contributed by atoms with Crippen molar-refractivity contribution in [3.05, 3.63) is 28.2 Å². The van der Waals surface area contributed by atoms with Crippen molar-refractivity contribution in [2.75, 3.05) is 20.3 Å². The Morgan fingerprint density at radius 1 is 1.47 bits per heavy atom. The summed E-state index contributed by atoms with van der Waals surface area (Å²) in [4.78, 5) is 0. The summed E-state index contributed by atoms with van der Waals surface area (Å²) in [6.07, 6.45) is -0.645. The van der Waals surface area contributed by atoms with Gasteiger partial charge in [-0.2, -0.15) is 0 Å². The normalized spacial score (nSPS) is 12.5. The van der Waals surface area contributed by atoms with E-state index in [2.05, 4.69) is 15.9 Å². The minimum atomic E-state index is -0.645. The fraction of sp³-hybridized carbons (Fsp3) is 0.455. The minimum Gasteiger partial charge on any atom is -0.496 e. The molecule has 0 aliphatic carbocycles. The molecule has 0 saturated carbocycles. The Hall–Kier alpha value is -0.580. The van der Waals surface area contributed by atoms with Gasteiger partial charge in [0.25, 0.3) is 0 Å². The minimum absolute atomic E-state index is 0.286. The van der Waals surface area contributed by atoms with Crippen LogP contribution in [0.15, 0.2) is 22.7 Å². The molecule has 0 radical (unpaired) electrons. The second-order valence-corrected chi connectivity index (χ2v) is 3.98. The zero-order chi connectivity index (χ0) is 11.3. The van der Waals surface area contributed by atoms with E-state index < -0.39 is 6.10 Å². The number of methoxy groups -OCH3 is 1. The van der Waals surface area contributed by atoms with Crippen LogP contribution >= 0.6 is 15.9 Å². The standard InChI is InChI=1S/C11H15BrO3/c1-3-15-7-10(13)9-5-4-8(12)6-11(9)14-2/h4-6,10,13H,3,7H2,1-2H3. The number of aliphatic hydroxyl groups excluding tert-OH is 1. The van der Waals surface area contributed by atoms with Crippen LogP contribution in [0.2, 0.25) is 0 Å². The average Bonchev–Trinajstić information content (AvgIpc) is 2.25. The third-order valence-electron chi connectivity index (χ3n) is 2.03. The van der Waals surface area contributed by atoms with Gasteiger partial charge in [-0.05, 0) is 19.1 Å². The van der Waals surface area contributed by atoms with E-state index in [4.69, 9.17) is 9.47 Å². The van der Waals surface area contributed by atoms with Gasteiger partial charge in [0.05, 0.1) is 13.7 Å². The molecule has 84 valence electrons. The number of ether oxygens (including phenoxy) is 2. The maximum Gasteiger partial charge on any atom is 0.125 e. The highest BCUT2D eigenvalue weighted by Gasteiger charge is 2.13. The first kappa shape index (κ1) is 12.5. The predicted molar refractivity (Wildman–Crippen MR) is 62.1 cm³/mol. The Bertz CT molecular complexity index is 315. The van der Waals surface area contributed by atoms with Crippen LogP contribution in [0.1, 0.15) is 18.6 Å². The van der Waals surface area contributed by atoms with Crippen molar-refractivity contribution in [1.82, 2.24) is 0 Å². The van der Waals surface area contributed by atoms with Crippen molar-refractivity contribution in [1.29, 1.82) is 0 Å². The molecule has 0 aromatic heterocycles. The Balaban J connectivity index is 2.82. The highest BCUT2D eigenvalue weighted by atomic mass is 79.9. The van der Waals surface area contributed by atoms with E-state index in [0.29, 0.717) is 12.4 Å². The molecule has 1 atom stereocenters. The van der Waals surface area contributed by atoms with E-state index in [9.17, 15) is 5.11 Å². The molecule has 1 unspecified atom stereocenters. The number of hydrogen-bond acceptors (Lipinski definition) is 3. The zero-order valence-electron chi connectivity index (χ0n) is 8.87. The van der Waals surface area contributed by atoms with Gasteiger partial charge in [0.15, 0.2) is 0 Å². The van der Waals surface area contributed by atoms with Crippen molar-refractivity contribution in [3.63, 3.8) is 0 Å². The highest BCUT2D eigenvalue weighted by molar-refractivity contribution is 9.10. The van der Waals surface area contributed by atoms with Crippen molar-refractivity contribution in [2.24, 2.45) is 0 Å². The van der Waals surface area contributed by atoms with Gasteiger partial charge in [-0.3, -0.25) is 0 Å². The zero-order valence-corrected chi connectivity index (χ0v) is 10.5. The molecular formula is C11H15BrO3. The summed E-state index contributed by atoms with van der Waals surface area (Å²) in [5.74, 6) is 0.663. The van der Waals surface area contributed by atoms with Crippen LogP contribution in [0.25, 0.3) is 0 Å². The molecule has 4 heteroatoms. The lowest BCUT2D eigenvalue weighted by molar-refractivity contribution is 0.0407. The molecule has 0 bridgehead atoms. The Morgan fingerprint density at radius 2 is 2.20 bits per heavy atom. The van der Waals surface area contributed by atoms with Crippen LogP contribution in [0.5, 0.6) is 5.75 Å². The van der Waals surface area contributed by atoms with Crippen LogP contribution in [-0.4, -0.2) is 25.4 Å².